The molecule has 1 fully saturated rings. The van der Waals surface area contributed by atoms with Gasteiger partial charge in [-0.2, -0.15) is 0 Å². The van der Waals surface area contributed by atoms with Crippen molar-refractivity contribution in [2.45, 2.75) is 6.92 Å². The lowest BCUT2D eigenvalue weighted by Crippen LogP contribution is -2.44. The molecular formula is C22H28N4O3. The van der Waals surface area contributed by atoms with Crippen LogP contribution in [0.3, 0.4) is 0 Å². The number of hydrogen-bond donors (Lipinski definition) is 1. The second-order valence-corrected chi connectivity index (χ2v) is 7.16. The smallest absolute Gasteiger partial charge is 0.244 e. The molecule has 0 aliphatic carbocycles. The quantitative estimate of drug-likeness (QED) is 0.813. The summed E-state index contributed by atoms with van der Waals surface area (Å²) in [7, 11) is 3.68. The summed E-state index contributed by atoms with van der Waals surface area (Å²) < 4.78 is 5.26. The summed E-state index contributed by atoms with van der Waals surface area (Å²) in [4.78, 5) is 30.8. The van der Waals surface area contributed by atoms with E-state index < -0.39 is 0 Å². The Kier molecular flexibility index (Phi) is 6.72. The molecule has 0 bridgehead atoms. The molecule has 1 aliphatic heterocycles. The first-order valence-corrected chi connectivity index (χ1v) is 9.72. The number of piperazine rings is 1. The van der Waals surface area contributed by atoms with Gasteiger partial charge in [0.05, 0.1) is 12.8 Å². The molecular weight excluding hydrogens is 368 g/mol. The number of likely N-dealkylation sites (N-methyl/N-ethyl adjacent to an activating group) is 1. The first kappa shape index (κ1) is 20.7. The fourth-order valence-electron chi connectivity index (χ4n) is 3.37. The highest BCUT2D eigenvalue weighted by Gasteiger charge is 2.18. The molecule has 0 atom stereocenters. The van der Waals surface area contributed by atoms with Crippen molar-refractivity contribution in [1.82, 2.24) is 4.90 Å². The van der Waals surface area contributed by atoms with Crippen LogP contribution in [0.2, 0.25) is 0 Å². The van der Waals surface area contributed by atoms with Crippen LogP contribution in [-0.2, 0) is 9.59 Å². The molecule has 1 heterocycles. The molecule has 0 radical (unpaired) electrons. The van der Waals surface area contributed by atoms with Crippen molar-refractivity contribution < 1.29 is 14.3 Å². The standard InChI is InChI=1S/C22H28N4O3/c1-17(27)26(16-22(28)23-20-6-4-5-7-21(20)29-3)19-10-8-18(9-11-19)25-14-12-24(2)13-15-25/h4-11H,12-16H2,1-3H3,(H,23,28). The third kappa shape index (κ3) is 5.26. The summed E-state index contributed by atoms with van der Waals surface area (Å²) in [6.07, 6.45) is 0. The lowest BCUT2D eigenvalue weighted by atomic mass is 10.2. The molecule has 154 valence electrons. The van der Waals surface area contributed by atoms with Crippen molar-refractivity contribution in [2.24, 2.45) is 0 Å². The topological polar surface area (TPSA) is 65.1 Å². The Bertz CT molecular complexity index is 845. The number of carbonyl (C=O) groups excluding carboxylic acids is 2. The lowest BCUT2D eigenvalue weighted by molar-refractivity contribution is -0.120. The molecule has 7 heteroatoms. The SMILES string of the molecule is COc1ccccc1NC(=O)CN(C(C)=O)c1ccc(N2CCN(C)CC2)cc1. The van der Waals surface area contributed by atoms with E-state index in [-0.39, 0.29) is 18.4 Å². The largest absolute Gasteiger partial charge is 0.495 e. The molecule has 0 unspecified atom stereocenters. The van der Waals surface area contributed by atoms with Gasteiger partial charge < -0.3 is 24.8 Å². The Morgan fingerprint density at radius 2 is 1.69 bits per heavy atom. The number of hydrogen-bond acceptors (Lipinski definition) is 5. The first-order valence-electron chi connectivity index (χ1n) is 9.72. The van der Waals surface area contributed by atoms with Crippen molar-refractivity contribution in [3.63, 3.8) is 0 Å². The number of anilines is 3. The Morgan fingerprint density at radius 3 is 2.31 bits per heavy atom. The maximum atomic E-state index is 12.5. The molecule has 2 aromatic rings. The van der Waals surface area contributed by atoms with Gasteiger partial charge in [0.15, 0.2) is 0 Å². The van der Waals surface area contributed by atoms with Gasteiger partial charge in [-0.15, -0.1) is 0 Å². The monoisotopic (exact) mass is 396 g/mol. The van der Waals surface area contributed by atoms with Crippen LogP contribution in [0.15, 0.2) is 48.5 Å². The van der Waals surface area contributed by atoms with Crippen LogP contribution in [-0.4, -0.2) is 63.6 Å². The highest BCUT2D eigenvalue weighted by molar-refractivity contribution is 6.02. The van der Waals surface area contributed by atoms with Crippen LogP contribution in [0.4, 0.5) is 17.1 Å². The van der Waals surface area contributed by atoms with Crippen molar-refractivity contribution in [3.05, 3.63) is 48.5 Å². The van der Waals surface area contributed by atoms with Crippen LogP contribution < -0.4 is 19.9 Å². The zero-order chi connectivity index (χ0) is 20.8. The van der Waals surface area contributed by atoms with Crippen LogP contribution in [0.25, 0.3) is 0 Å². The van der Waals surface area contributed by atoms with E-state index in [4.69, 9.17) is 4.74 Å². The average Bonchev–Trinajstić information content (AvgIpc) is 2.73. The van der Waals surface area contributed by atoms with E-state index in [0.717, 1.165) is 31.9 Å². The summed E-state index contributed by atoms with van der Waals surface area (Å²) in [5.74, 6) is 0.104. The van der Waals surface area contributed by atoms with Crippen LogP contribution in [0, 0.1) is 0 Å². The third-order valence-electron chi connectivity index (χ3n) is 5.09. The second kappa shape index (κ2) is 9.43. The van der Waals surface area contributed by atoms with Gasteiger partial charge in [-0.3, -0.25) is 9.59 Å². The Labute approximate surface area is 171 Å². The molecule has 2 aromatic carbocycles. The highest BCUT2D eigenvalue weighted by Crippen LogP contribution is 2.24. The number of carbonyl (C=O) groups is 2. The third-order valence-corrected chi connectivity index (χ3v) is 5.09. The van der Waals surface area contributed by atoms with Gasteiger partial charge in [-0.1, -0.05) is 12.1 Å². The molecule has 0 saturated carbocycles. The number of rotatable bonds is 6. The summed E-state index contributed by atoms with van der Waals surface area (Å²) in [6, 6.07) is 15.0. The highest BCUT2D eigenvalue weighted by atomic mass is 16.5. The maximum absolute atomic E-state index is 12.5. The fraction of sp³-hybridized carbons (Fsp3) is 0.364. The number of methoxy groups -OCH3 is 1. The van der Waals surface area contributed by atoms with Gasteiger partial charge in [-0.25, -0.2) is 0 Å². The van der Waals surface area contributed by atoms with Crippen molar-refractivity contribution in [2.75, 3.05) is 62.0 Å². The van der Waals surface area contributed by atoms with E-state index in [1.807, 2.05) is 36.4 Å². The number of ether oxygens (including phenoxy) is 1. The van der Waals surface area contributed by atoms with E-state index >= 15 is 0 Å². The average molecular weight is 396 g/mol. The van der Waals surface area contributed by atoms with E-state index in [9.17, 15) is 9.59 Å². The normalized spacial score (nSPS) is 14.4. The minimum atomic E-state index is -0.284. The summed E-state index contributed by atoms with van der Waals surface area (Å²) in [5, 5.41) is 2.81. The van der Waals surface area contributed by atoms with Crippen LogP contribution in [0.1, 0.15) is 6.92 Å². The van der Waals surface area contributed by atoms with Gasteiger partial charge in [0.1, 0.15) is 12.3 Å². The predicted molar refractivity (Wildman–Crippen MR) is 116 cm³/mol. The summed E-state index contributed by atoms with van der Waals surface area (Å²) in [5.41, 5.74) is 2.41. The van der Waals surface area contributed by atoms with Gasteiger partial charge in [0, 0.05) is 44.5 Å². The number of para-hydroxylation sites is 2. The van der Waals surface area contributed by atoms with E-state index in [1.54, 1.807) is 19.2 Å². The first-order chi connectivity index (χ1) is 14.0. The summed E-state index contributed by atoms with van der Waals surface area (Å²) >= 11 is 0. The van der Waals surface area contributed by atoms with Gasteiger partial charge >= 0.3 is 0 Å². The number of amides is 2. The molecule has 0 aromatic heterocycles. The molecule has 0 spiro atoms. The predicted octanol–water partition coefficient (Wildman–Crippen LogP) is 2.44. The number of nitrogens with zero attached hydrogens (tertiary/aromatic N) is 3. The van der Waals surface area contributed by atoms with Gasteiger partial charge in [-0.05, 0) is 43.4 Å². The molecule has 1 aliphatic rings. The number of nitrogens with one attached hydrogen (secondary N) is 1. The van der Waals surface area contributed by atoms with E-state index in [0.29, 0.717) is 17.1 Å². The van der Waals surface area contributed by atoms with E-state index in [1.165, 1.54) is 11.8 Å². The zero-order valence-electron chi connectivity index (χ0n) is 17.2. The van der Waals surface area contributed by atoms with Crippen molar-refractivity contribution in [1.29, 1.82) is 0 Å². The minimum Gasteiger partial charge on any atom is -0.495 e. The fourth-order valence-corrected chi connectivity index (χ4v) is 3.37. The Hall–Kier alpha value is -3.06. The molecule has 2 amide bonds. The Balaban J connectivity index is 1.67. The molecule has 3 rings (SSSR count). The van der Waals surface area contributed by atoms with Crippen LogP contribution >= 0.6 is 0 Å². The molecule has 1 N–H and O–H groups in total. The Morgan fingerprint density at radius 1 is 1.03 bits per heavy atom. The van der Waals surface area contributed by atoms with Crippen molar-refractivity contribution >= 4 is 28.9 Å². The molecule has 29 heavy (non-hydrogen) atoms. The maximum Gasteiger partial charge on any atom is 0.244 e. The minimum absolute atomic E-state index is 0.0682. The lowest BCUT2D eigenvalue weighted by Gasteiger charge is -2.34. The van der Waals surface area contributed by atoms with Gasteiger partial charge in [0.25, 0.3) is 0 Å². The van der Waals surface area contributed by atoms with Gasteiger partial charge in [0.2, 0.25) is 11.8 Å². The van der Waals surface area contributed by atoms with Crippen molar-refractivity contribution in [3.8, 4) is 5.75 Å². The molecule has 1 saturated heterocycles. The molecule has 7 nitrogen and oxygen atoms in total. The number of benzene rings is 2. The summed E-state index contributed by atoms with van der Waals surface area (Å²) in [6.45, 7) is 5.42. The van der Waals surface area contributed by atoms with Crippen LogP contribution in [0.5, 0.6) is 5.75 Å². The second-order valence-electron chi connectivity index (χ2n) is 7.16. The van der Waals surface area contributed by atoms with E-state index in [2.05, 4.69) is 22.2 Å². The zero-order valence-corrected chi connectivity index (χ0v) is 17.2.